The minimum atomic E-state index is -0.150. The van der Waals surface area contributed by atoms with Crippen molar-refractivity contribution >= 4 is 33.2 Å². The average molecular weight is 391 g/mol. The Morgan fingerprint density at radius 1 is 1.21 bits per heavy atom. The zero-order valence-electron chi connectivity index (χ0n) is 14.3. The van der Waals surface area contributed by atoms with E-state index in [1.54, 1.807) is 12.3 Å². The lowest BCUT2D eigenvalue weighted by Crippen LogP contribution is -2.27. The van der Waals surface area contributed by atoms with Crippen molar-refractivity contribution < 1.29 is 4.79 Å². The van der Waals surface area contributed by atoms with Crippen LogP contribution in [-0.4, -0.2) is 43.0 Å². The number of hydrogen-bond acceptors (Lipinski definition) is 4. The van der Waals surface area contributed by atoms with Gasteiger partial charge in [-0.05, 0) is 63.8 Å². The van der Waals surface area contributed by atoms with Crippen LogP contribution in [0.25, 0.3) is 0 Å². The van der Waals surface area contributed by atoms with E-state index in [4.69, 9.17) is 0 Å². The summed E-state index contributed by atoms with van der Waals surface area (Å²) in [4.78, 5) is 18.4. The van der Waals surface area contributed by atoms with E-state index in [0.29, 0.717) is 12.2 Å². The van der Waals surface area contributed by atoms with Gasteiger partial charge in [0.25, 0.3) is 5.91 Å². The van der Waals surface area contributed by atoms with Crippen LogP contribution in [0.4, 0.5) is 11.4 Å². The molecule has 1 aromatic carbocycles. The summed E-state index contributed by atoms with van der Waals surface area (Å²) >= 11 is 3.52. The second-order valence-electron chi connectivity index (χ2n) is 5.93. The van der Waals surface area contributed by atoms with Gasteiger partial charge in [-0.15, -0.1) is 0 Å². The third-order valence-electron chi connectivity index (χ3n) is 3.52. The molecule has 2 N–H and O–H groups in total. The molecule has 24 heavy (non-hydrogen) atoms. The number of carbonyl (C=O) groups excluding carboxylic acids is 1. The highest BCUT2D eigenvalue weighted by Gasteiger charge is 2.08. The van der Waals surface area contributed by atoms with Gasteiger partial charge in [-0.3, -0.25) is 9.78 Å². The van der Waals surface area contributed by atoms with Crippen LogP contribution in [0.5, 0.6) is 0 Å². The van der Waals surface area contributed by atoms with E-state index in [9.17, 15) is 4.79 Å². The number of amides is 1. The van der Waals surface area contributed by atoms with Crippen LogP contribution >= 0.6 is 15.9 Å². The monoisotopic (exact) mass is 390 g/mol. The largest absolute Gasteiger partial charge is 0.355 e. The molecule has 0 aliphatic heterocycles. The van der Waals surface area contributed by atoms with E-state index < -0.39 is 0 Å². The summed E-state index contributed by atoms with van der Waals surface area (Å²) in [6.45, 7) is 3.62. The van der Waals surface area contributed by atoms with Gasteiger partial charge in [0.2, 0.25) is 0 Å². The molecule has 0 unspecified atom stereocenters. The summed E-state index contributed by atoms with van der Waals surface area (Å²) in [5.74, 6) is -0.150. The first kappa shape index (κ1) is 18.4. The van der Waals surface area contributed by atoms with E-state index in [1.165, 1.54) is 5.56 Å². The van der Waals surface area contributed by atoms with Gasteiger partial charge in [-0.1, -0.05) is 22.0 Å². The Morgan fingerprint density at radius 2 is 1.96 bits per heavy atom. The second-order valence-corrected chi connectivity index (χ2v) is 6.79. The summed E-state index contributed by atoms with van der Waals surface area (Å²) in [5, 5.41) is 6.19. The first-order valence-corrected chi connectivity index (χ1v) is 8.67. The quantitative estimate of drug-likeness (QED) is 0.709. The molecule has 1 heterocycles. The number of nitrogens with one attached hydrogen (secondary N) is 2. The zero-order valence-corrected chi connectivity index (χ0v) is 15.9. The lowest BCUT2D eigenvalue weighted by atomic mass is 10.2. The molecule has 0 atom stereocenters. The molecular weight excluding hydrogens is 368 g/mol. The third-order valence-corrected chi connectivity index (χ3v) is 4.38. The molecule has 2 aromatic rings. The van der Waals surface area contributed by atoms with Gasteiger partial charge < -0.3 is 15.5 Å². The Labute approximate surface area is 151 Å². The average Bonchev–Trinajstić information content (AvgIpc) is 2.55. The molecule has 6 heteroatoms. The van der Waals surface area contributed by atoms with E-state index >= 15 is 0 Å². The summed E-state index contributed by atoms with van der Waals surface area (Å²) in [5.41, 5.74) is 3.37. The molecule has 0 aliphatic rings. The lowest BCUT2D eigenvalue weighted by molar-refractivity contribution is 0.0947. The number of pyridine rings is 1. The van der Waals surface area contributed by atoms with Crippen LogP contribution in [0.15, 0.2) is 41.0 Å². The van der Waals surface area contributed by atoms with Crippen LogP contribution in [0.1, 0.15) is 22.5 Å². The number of benzene rings is 1. The zero-order chi connectivity index (χ0) is 17.5. The number of hydrogen-bond donors (Lipinski definition) is 2. The number of rotatable bonds is 7. The number of carbonyl (C=O) groups is 1. The van der Waals surface area contributed by atoms with Gasteiger partial charge in [-0.25, -0.2) is 0 Å². The van der Waals surface area contributed by atoms with Crippen molar-refractivity contribution in [2.45, 2.75) is 13.3 Å². The topological polar surface area (TPSA) is 57.3 Å². The fourth-order valence-electron chi connectivity index (χ4n) is 2.16. The Kier molecular flexibility index (Phi) is 6.75. The molecule has 0 saturated heterocycles. The molecule has 0 bridgehead atoms. The normalized spacial score (nSPS) is 10.7. The standard InChI is InChI=1S/C18H23BrN4O/c1-13-5-6-14(11-16(13)19)22-15-7-9-20-17(12-15)18(24)21-8-4-10-23(2)3/h5-7,9,11-12H,4,8,10H2,1-3H3,(H,20,22)(H,21,24). The molecule has 1 aromatic heterocycles. The Morgan fingerprint density at radius 3 is 2.67 bits per heavy atom. The molecule has 128 valence electrons. The predicted octanol–water partition coefficient (Wildman–Crippen LogP) is 3.58. The molecule has 2 rings (SSSR count). The Balaban J connectivity index is 1.97. The van der Waals surface area contributed by atoms with E-state index in [2.05, 4.69) is 36.4 Å². The van der Waals surface area contributed by atoms with E-state index in [-0.39, 0.29) is 5.91 Å². The fraction of sp³-hybridized carbons (Fsp3) is 0.333. The molecule has 5 nitrogen and oxygen atoms in total. The SMILES string of the molecule is Cc1ccc(Nc2ccnc(C(=O)NCCCN(C)C)c2)cc1Br. The summed E-state index contributed by atoms with van der Waals surface area (Å²) in [6, 6.07) is 9.65. The van der Waals surface area contributed by atoms with Crippen molar-refractivity contribution in [2.75, 3.05) is 32.5 Å². The van der Waals surface area contributed by atoms with Gasteiger partial charge in [0.05, 0.1) is 0 Å². The third kappa shape index (κ3) is 5.62. The maximum atomic E-state index is 12.2. The molecular formula is C18H23BrN4O. The highest BCUT2D eigenvalue weighted by molar-refractivity contribution is 9.10. The summed E-state index contributed by atoms with van der Waals surface area (Å²) in [6.07, 6.45) is 2.55. The van der Waals surface area contributed by atoms with Crippen molar-refractivity contribution in [3.63, 3.8) is 0 Å². The first-order chi connectivity index (χ1) is 11.5. The van der Waals surface area contributed by atoms with Crippen molar-refractivity contribution in [2.24, 2.45) is 0 Å². The Hall–Kier alpha value is -1.92. The molecule has 0 fully saturated rings. The Bertz CT molecular complexity index is 703. The maximum Gasteiger partial charge on any atom is 0.269 e. The minimum Gasteiger partial charge on any atom is -0.355 e. The first-order valence-electron chi connectivity index (χ1n) is 7.88. The number of nitrogens with zero attached hydrogens (tertiary/aromatic N) is 2. The van der Waals surface area contributed by atoms with Crippen molar-refractivity contribution in [3.8, 4) is 0 Å². The number of halogens is 1. The summed E-state index contributed by atoms with van der Waals surface area (Å²) < 4.78 is 1.04. The van der Waals surface area contributed by atoms with Crippen molar-refractivity contribution in [1.29, 1.82) is 0 Å². The van der Waals surface area contributed by atoms with Gasteiger partial charge in [0, 0.05) is 28.6 Å². The molecule has 0 spiro atoms. The van der Waals surface area contributed by atoms with Gasteiger partial charge in [0.15, 0.2) is 0 Å². The number of aryl methyl sites for hydroxylation is 1. The van der Waals surface area contributed by atoms with Crippen LogP contribution in [-0.2, 0) is 0 Å². The molecule has 0 aliphatic carbocycles. The van der Waals surface area contributed by atoms with Crippen LogP contribution in [0, 0.1) is 6.92 Å². The van der Waals surface area contributed by atoms with Crippen LogP contribution in [0.3, 0.4) is 0 Å². The number of aromatic nitrogens is 1. The fourth-order valence-corrected chi connectivity index (χ4v) is 2.54. The van der Waals surface area contributed by atoms with Gasteiger partial charge >= 0.3 is 0 Å². The molecule has 0 radical (unpaired) electrons. The van der Waals surface area contributed by atoms with Crippen LogP contribution < -0.4 is 10.6 Å². The van der Waals surface area contributed by atoms with E-state index in [0.717, 1.165) is 28.8 Å². The minimum absolute atomic E-state index is 0.150. The number of anilines is 2. The lowest BCUT2D eigenvalue weighted by Gasteiger charge is -2.11. The van der Waals surface area contributed by atoms with Crippen LogP contribution in [0.2, 0.25) is 0 Å². The van der Waals surface area contributed by atoms with Crippen molar-refractivity contribution in [1.82, 2.24) is 15.2 Å². The highest BCUT2D eigenvalue weighted by atomic mass is 79.9. The second kappa shape index (κ2) is 8.80. The maximum absolute atomic E-state index is 12.2. The van der Waals surface area contributed by atoms with Crippen molar-refractivity contribution in [3.05, 3.63) is 52.3 Å². The van der Waals surface area contributed by atoms with Gasteiger partial charge in [-0.2, -0.15) is 0 Å². The summed E-state index contributed by atoms with van der Waals surface area (Å²) in [7, 11) is 4.03. The predicted molar refractivity (Wildman–Crippen MR) is 102 cm³/mol. The highest BCUT2D eigenvalue weighted by Crippen LogP contribution is 2.23. The van der Waals surface area contributed by atoms with E-state index in [1.807, 2.05) is 45.3 Å². The molecule has 1 amide bonds. The van der Waals surface area contributed by atoms with Gasteiger partial charge in [0.1, 0.15) is 5.69 Å². The molecule has 0 saturated carbocycles. The smallest absolute Gasteiger partial charge is 0.269 e.